The predicted octanol–water partition coefficient (Wildman–Crippen LogP) is 2.56. The SMILES string of the molecule is CN(C)S(F)(F)C(F)(F)F. The average Bonchev–Trinajstić information content (AvgIpc) is 1.62. The van der Waals surface area contributed by atoms with E-state index in [1.807, 2.05) is 0 Å². The molecule has 0 aliphatic heterocycles. The van der Waals surface area contributed by atoms with Crippen LogP contribution in [0.2, 0.25) is 0 Å². The van der Waals surface area contributed by atoms with Crippen molar-refractivity contribution >= 4 is 11.0 Å². The third-order valence-electron chi connectivity index (χ3n) is 0.737. The Balaban J connectivity index is 4.40. The van der Waals surface area contributed by atoms with Crippen LogP contribution in [0.1, 0.15) is 0 Å². The van der Waals surface area contributed by atoms with Crippen LogP contribution in [-0.2, 0) is 0 Å². The van der Waals surface area contributed by atoms with Gasteiger partial charge in [0.05, 0.1) is 0 Å². The Morgan fingerprint density at radius 1 is 1.10 bits per heavy atom. The summed E-state index contributed by atoms with van der Waals surface area (Å²) in [5, 5.41) is 0. The van der Waals surface area contributed by atoms with Crippen molar-refractivity contribution in [1.29, 1.82) is 0 Å². The maximum Gasteiger partial charge on any atom is 0.492 e. The molecule has 0 aliphatic carbocycles. The molecule has 0 saturated heterocycles. The number of alkyl halides is 3. The highest BCUT2D eigenvalue weighted by Gasteiger charge is 2.54. The van der Waals surface area contributed by atoms with E-state index in [2.05, 4.69) is 0 Å². The van der Waals surface area contributed by atoms with Crippen LogP contribution in [0.25, 0.3) is 0 Å². The highest BCUT2D eigenvalue weighted by atomic mass is 32.3. The summed E-state index contributed by atoms with van der Waals surface area (Å²) in [6.45, 7) is 0. The Labute approximate surface area is 56.8 Å². The molecular formula is C3H6F5NS. The van der Waals surface area contributed by atoms with Crippen molar-refractivity contribution in [2.75, 3.05) is 14.1 Å². The first-order valence-corrected chi connectivity index (χ1v) is 3.55. The van der Waals surface area contributed by atoms with Gasteiger partial charge in [0.25, 0.3) is 0 Å². The lowest BCUT2D eigenvalue weighted by Crippen LogP contribution is -2.25. The molecule has 0 rings (SSSR count). The van der Waals surface area contributed by atoms with E-state index in [0.29, 0.717) is 14.1 Å². The van der Waals surface area contributed by atoms with Gasteiger partial charge in [0, 0.05) is 14.1 Å². The van der Waals surface area contributed by atoms with Gasteiger partial charge < -0.3 is 0 Å². The van der Waals surface area contributed by atoms with Crippen molar-refractivity contribution in [3.63, 3.8) is 0 Å². The predicted molar refractivity (Wildman–Crippen MR) is 29.5 cm³/mol. The molecule has 0 saturated carbocycles. The first-order valence-electron chi connectivity index (χ1n) is 2.16. The summed E-state index contributed by atoms with van der Waals surface area (Å²) >= 11 is 0. The lowest BCUT2D eigenvalue weighted by atomic mass is 11.3. The number of nitrogens with zero attached hydrogens (tertiary/aromatic N) is 1. The largest absolute Gasteiger partial charge is 0.492 e. The smallest absolute Gasteiger partial charge is 0.218 e. The topological polar surface area (TPSA) is 3.24 Å². The van der Waals surface area contributed by atoms with Gasteiger partial charge in [-0.1, -0.05) is 0 Å². The van der Waals surface area contributed by atoms with Crippen LogP contribution in [0.3, 0.4) is 0 Å². The summed E-state index contributed by atoms with van der Waals surface area (Å²) in [7, 11) is -4.19. The third-order valence-corrected chi connectivity index (χ3v) is 2.21. The highest BCUT2D eigenvalue weighted by Crippen LogP contribution is 2.65. The number of hydrogen-bond acceptors (Lipinski definition) is 1. The van der Waals surface area contributed by atoms with Crippen molar-refractivity contribution < 1.29 is 20.9 Å². The van der Waals surface area contributed by atoms with E-state index in [4.69, 9.17) is 0 Å². The van der Waals surface area contributed by atoms with Crippen LogP contribution in [0, 0.1) is 0 Å². The molecule has 0 N–H and O–H groups in total. The van der Waals surface area contributed by atoms with E-state index in [1.54, 1.807) is 0 Å². The van der Waals surface area contributed by atoms with Crippen LogP contribution < -0.4 is 0 Å². The molecule has 0 unspecified atom stereocenters. The van der Waals surface area contributed by atoms with Crippen molar-refractivity contribution in [1.82, 2.24) is 4.31 Å². The normalized spacial score (nSPS) is 16.0. The molecule has 0 fully saturated rings. The van der Waals surface area contributed by atoms with Gasteiger partial charge in [-0.25, -0.2) is 4.31 Å². The number of hydrogen-bond donors (Lipinski definition) is 0. The molecular weight excluding hydrogens is 177 g/mol. The first-order chi connectivity index (χ1) is 4.19. The maximum absolute atomic E-state index is 11.9. The summed E-state index contributed by atoms with van der Waals surface area (Å²) in [6.07, 6.45) is 0. The molecule has 64 valence electrons. The van der Waals surface area contributed by atoms with Crippen LogP contribution in [0.15, 0.2) is 0 Å². The molecule has 7 heteroatoms. The fraction of sp³-hybridized carbons (Fsp3) is 1.00. The number of halogens is 5. The Bertz CT molecular complexity index is 119. The quantitative estimate of drug-likeness (QED) is 0.564. The van der Waals surface area contributed by atoms with Gasteiger partial charge in [-0.15, -0.1) is 7.77 Å². The molecule has 10 heavy (non-hydrogen) atoms. The molecule has 0 aromatic carbocycles. The zero-order chi connectivity index (χ0) is 8.58. The van der Waals surface area contributed by atoms with Crippen LogP contribution in [-0.4, -0.2) is 23.9 Å². The van der Waals surface area contributed by atoms with E-state index in [9.17, 15) is 20.9 Å². The van der Waals surface area contributed by atoms with Gasteiger partial charge in [-0.2, -0.15) is 13.2 Å². The lowest BCUT2D eigenvalue weighted by Gasteiger charge is -2.28. The average molecular weight is 183 g/mol. The molecule has 0 spiro atoms. The fourth-order valence-corrected chi connectivity index (χ4v) is 0.621. The summed E-state index contributed by atoms with van der Waals surface area (Å²) < 4.78 is 57.8. The molecule has 0 aliphatic rings. The summed E-state index contributed by atoms with van der Waals surface area (Å²) in [5.41, 5.74) is -5.41. The Kier molecular flexibility index (Phi) is 2.53. The van der Waals surface area contributed by atoms with Gasteiger partial charge in [-0.3, -0.25) is 0 Å². The second kappa shape index (κ2) is 2.54. The minimum Gasteiger partial charge on any atom is -0.218 e. The zero-order valence-corrected chi connectivity index (χ0v) is 6.06. The van der Waals surface area contributed by atoms with E-state index < -0.39 is 16.5 Å². The van der Waals surface area contributed by atoms with E-state index in [-0.39, 0.29) is 4.31 Å². The van der Waals surface area contributed by atoms with Crippen LogP contribution in [0.4, 0.5) is 20.9 Å². The van der Waals surface area contributed by atoms with Crippen molar-refractivity contribution in [2.24, 2.45) is 0 Å². The molecule has 0 atom stereocenters. The summed E-state index contributed by atoms with van der Waals surface area (Å²) in [4.78, 5) is 0. The molecule has 0 aromatic rings. The van der Waals surface area contributed by atoms with E-state index in [0.717, 1.165) is 0 Å². The second-order valence-electron chi connectivity index (χ2n) is 1.70. The zero-order valence-electron chi connectivity index (χ0n) is 5.25. The molecule has 0 bridgehead atoms. The van der Waals surface area contributed by atoms with Crippen molar-refractivity contribution in [2.45, 2.75) is 5.51 Å². The summed E-state index contributed by atoms with van der Waals surface area (Å²) in [6, 6.07) is 0. The maximum atomic E-state index is 11.9. The van der Waals surface area contributed by atoms with Crippen LogP contribution >= 0.6 is 11.0 Å². The van der Waals surface area contributed by atoms with E-state index in [1.165, 1.54) is 0 Å². The van der Waals surface area contributed by atoms with Crippen LogP contribution in [0.5, 0.6) is 0 Å². The van der Waals surface area contributed by atoms with Gasteiger partial charge in [0.1, 0.15) is 0 Å². The van der Waals surface area contributed by atoms with Gasteiger partial charge in [0.15, 0.2) is 0 Å². The van der Waals surface area contributed by atoms with Gasteiger partial charge in [0.2, 0.25) is 11.0 Å². The molecule has 0 heterocycles. The second-order valence-corrected chi connectivity index (χ2v) is 3.78. The highest BCUT2D eigenvalue weighted by molar-refractivity contribution is 8.23. The van der Waals surface area contributed by atoms with Crippen molar-refractivity contribution in [3.05, 3.63) is 0 Å². The van der Waals surface area contributed by atoms with Gasteiger partial charge in [-0.05, 0) is 0 Å². The Morgan fingerprint density at radius 3 is 1.40 bits per heavy atom. The molecule has 0 radical (unpaired) electrons. The van der Waals surface area contributed by atoms with E-state index >= 15 is 0 Å². The minimum absolute atomic E-state index is 0.104. The van der Waals surface area contributed by atoms with Gasteiger partial charge >= 0.3 is 5.51 Å². The minimum atomic E-state index is -5.58. The first kappa shape index (κ1) is 9.96. The van der Waals surface area contributed by atoms with Crippen molar-refractivity contribution in [3.8, 4) is 0 Å². The Morgan fingerprint density at radius 2 is 1.40 bits per heavy atom. The summed E-state index contributed by atoms with van der Waals surface area (Å²) in [5.74, 6) is 0. The lowest BCUT2D eigenvalue weighted by molar-refractivity contribution is -0.0508. The number of rotatable bonds is 1. The molecule has 0 amide bonds. The fourth-order valence-electron chi connectivity index (χ4n) is 0.207. The molecule has 1 nitrogen and oxygen atoms in total. The Hall–Kier alpha value is -0.0400. The molecule has 0 aromatic heterocycles. The third kappa shape index (κ3) is 1.72. The monoisotopic (exact) mass is 183 g/mol. The standard InChI is InChI=1S/C3H6F5NS/c1-9(2)10(7,8)3(4,5)6/h1-2H3.